The molecule has 0 saturated carbocycles. The number of rotatable bonds is 32. The first-order valence-electron chi connectivity index (χ1n) is 20.5. The minimum atomic E-state index is -1.63. The quantitative estimate of drug-likeness (QED) is 0.0169. The van der Waals surface area contributed by atoms with E-state index in [1.54, 1.807) is 0 Å². The van der Waals surface area contributed by atoms with Gasteiger partial charge in [-0.15, -0.1) is 0 Å². The molecule has 364 valence electrons. The highest BCUT2D eigenvalue weighted by molar-refractivity contribution is 5.97. The number of hydrogen-bond acceptors (Lipinski definition) is 14. The molecule has 0 saturated heterocycles. The van der Waals surface area contributed by atoms with E-state index in [-0.39, 0.29) is 82.0 Å². The lowest BCUT2D eigenvalue weighted by atomic mass is 10.0. The summed E-state index contributed by atoms with van der Waals surface area (Å²) in [5, 5.41) is 37.2. The second-order valence-corrected chi connectivity index (χ2v) is 15.0. The van der Waals surface area contributed by atoms with Gasteiger partial charge in [0.25, 0.3) is 0 Å². The van der Waals surface area contributed by atoms with Crippen molar-refractivity contribution in [2.24, 2.45) is 66.8 Å². The van der Waals surface area contributed by atoms with Crippen LogP contribution in [0.5, 0.6) is 0 Å². The van der Waals surface area contributed by atoms with Crippen molar-refractivity contribution >= 4 is 65.1 Å². The minimum Gasteiger partial charge on any atom is -0.394 e. The zero-order valence-corrected chi connectivity index (χ0v) is 36.6. The average molecular weight is 915 g/mol. The molecule has 0 spiro atoms. The maximum atomic E-state index is 13.8. The van der Waals surface area contributed by atoms with Crippen LogP contribution in [0.25, 0.3) is 0 Å². The molecule has 0 aliphatic rings. The van der Waals surface area contributed by atoms with Gasteiger partial charge in [0.2, 0.25) is 47.3 Å². The zero-order chi connectivity index (χ0) is 48.9. The van der Waals surface area contributed by atoms with Gasteiger partial charge in [-0.25, -0.2) is 0 Å². The van der Waals surface area contributed by atoms with Gasteiger partial charge in [0.1, 0.15) is 30.2 Å². The van der Waals surface area contributed by atoms with E-state index < -0.39 is 116 Å². The number of aliphatic imine (C=N–C) groups is 3. The van der Waals surface area contributed by atoms with E-state index in [2.05, 4.69) is 52.2 Å². The van der Waals surface area contributed by atoms with Crippen LogP contribution in [0.15, 0.2) is 15.0 Å². The molecule has 8 amide bonds. The summed E-state index contributed by atoms with van der Waals surface area (Å²) in [7, 11) is 0. The number of primary amides is 1. The molecule has 0 bridgehead atoms. The summed E-state index contributed by atoms with van der Waals surface area (Å²) in [6.45, 7) is 3.42. The SMILES string of the molecule is CC(C)C[C@H](CO)NC(=O)[C@H](CC(N)=O)NC(=O)[C@H](CCCN=C(N)N)NC(=O)[C@H](CCCN=C(N)N)NC(=O)CNC(=O)[C@@H](NC(=O)[C@H](CCCN=C(N)N)NC(=O)CN)[C@@H](C)O. The third-order valence-corrected chi connectivity index (χ3v) is 8.80. The van der Waals surface area contributed by atoms with Crippen molar-refractivity contribution in [1.29, 1.82) is 0 Å². The minimum absolute atomic E-state index is 0.0170. The molecular weight excluding hydrogens is 845 g/mol. The Morgan fingerprint density at radius 1 is 0.547 bits per heavy atom. The molecule has 7 atom stereocenters. The van der Waals surface area contributed by atoms with Gasteiger partial charge in [-0.05, 0) is 57.8 Å². The van der Waals surface area contributed by atoms with Crippen molar-refractivity contribution in [3.63, 3.8) is 0 Å². The van der Waals surface area contributed by atoms with Crippen LogP contribution >= 0.6 is 0 Å². The Hall–Kier alpha value is -6.55. The van der Waals surface area contributed by atoms with Crippen LogP contribution in [-0.2, 0) is 38.4 Å². The Bertz CT molecular complexity index is 1630. The third kappa shape index (κ3) is 26.0. The Balaban J connectivity index is 6.29. The predicted molar refractivity (Wildman–Crippen MR) is 235 cm³/mol. The molecular formula is C36H70N18O10. The smallest absolute Gasteiger partial charge is 0.245 e. The highest BCUT2D eigenvalue weighted by Crippen LogP contribution is 2.08. The molecule has 0 heterocycles. The summed E-state index contributed by atoms with van der Waals surface area (Å²) in [4.78, 5) is 116. The van der Waals surface area contributed by atoms with Gasteiger partial charge in [-0.2, -0.15) is 0 Å². The van der Waals surface area contributed by atoms with E-state index in [1.165, 1.54) is 6.92 Å². The lowest BCUT2D eigenvalue weighted by Crippen LogP contribution is -2.59. The molecule has 0 aromatic carbocycles. The maximum Gasteiger partial charge on any atom is 0.245 e. The third-order valence-electron chi connectivity index (χ3n) is 8.80. The van der Waals surface area contributed by atoms with Crippen molar-refractivity contribution in [3.05, 3.63) is 0 Å². The predicted octanol–water partition coefficient (Wildman–Crippen LogP) is -8.57. The van der Waals surface area contributed by atoms with Crippen LogP contribution in [0.3, 0.4) is 0 Å². The van der Waals surface area contributed by atoms with E-state index in [9.17, 15) is 48.6 Å². The molecule has 0 aromatic rings. The number of amides is 8. The molecule has 28 heteroatoms. The Kier molecular flexibility index (Phi) is 28.1. The van der Waals surface area contributed by atoms with E-state index >= 15 is 0 Å². The lowest BCUT2D eigenvalue weighted by molar-refractivity contribution is -0.135. The van der Waals surface area contributed by atoms with Crippen LogP contribution in [0.4, 0.5) is 0 Å². The zero-order valence-electron chi connectivity index (χ0n) is 36.6. The number of nitrogens with one attached hydrogen (secondary N) is 7. The summed E-state index contributed by atoms with van der Waals surface area (Å²) in [5.74, 6) is -7.68. The standard InChI is InChI=1S/C36H70N18O10/c1-18(2)13-20(17-55)49-32(63)24(14-25(38)57)53-30(61)23(9-6-12-47-36(43)44)52-29(60)21(7-4-10-45-34(39)40)51-27(59)16-48-33(64)28(19(3)56)54-31(62)22(50-26(58)15-37)8-5-11-46-35(41)42/h18-24,28,55-56H,4-17,37H2,1-3H3,(H2,38,57)(H,48,64)(H,49,63)(H,50,58)(H,51,59)(H,52,60)(H,53,61)(H,54,62)(H4,39,40,45)(H4,41,42,46)(H4,43,44,47)/t19-,20-,21+,22+,23+,24+,28+/m1/s1. The summed E-state index contributed by atoms with van der Waals surface area (Å²) < 4.78 is 0. The average Bonchev–Trinajstić information content (AvgIpc) is 3.20. The first-order chi connectivity index (χ1) is 30.0. The van der Waals surface area contributed by atoms with Crippen molar-refractivity contribution < 1.29 is 48.6 Å². The van der Waals surface area contributed by atoms with E-state index in [1.807, 2.05) is 13.8 Å². The van der Waals surface area contributed by atoms with Gasteiger partial charge in [-0.1, -0.05) is 13.8 Å². The highest BCUT2D eigenvalue weighted by Gasteiger charge is 2.33. The first-order valence-corrected chi connectivity index (χ1v) is 20.5. The fourth-order valence-electron chi connectivity index (χ4n) is 5.76. The molecule has 28 nitrogen and oxygen atoms in total. The van der Waals surface area contributed by atoms with Crippen molar-refractivity contribution in [3.8, 4) is 0 Å². The molecule has 0 aliphatic carbocycles. The topological polar surface area (TPSA) is 506 Å². The second-order valence-electron chi connectivity index (χ2n) is 15.0. The monoisotopic (exact) mass is 915 g/mol. The van der Waals surface area contributed by atoms with Crippen LogP contribution in [0.1, 0.15) is 72.1 Å². The number of carbonyl (C=O) groups is 8. The van der Waals surface area contributed by atoms with Gasteiger partial charge in [0, 0.05) is 19.6 Å². The Labute approximate surface area is 371 Å². The number of aliphatic hydroxyl groups is 2. The number of nitrogens with two attached hydrogens (primary N) is 8. The molecule has 25 N–H and O–H groups in total. The maximum absolute atomic E-state index is 13.8. The molecule has 0 aromatic heterocycles. The van der Waals surface area contributed by atoms with Crippen molar-refractivity contribution in [2.45, 2.75) is 114 Å². The molecule has 0 unspecified atom stereocenters. The van der Waals surface area contributed by atoms with Gasteiger partial charge in [-0.3, -0.25) is 53.3 Å². The lowest BCUT2D eigenvalue weighted by Gasteiger charge is -2.26. The number of guanidine groups is 3. The molecule has 0 aliphatic heterocycles. The largest absolute Gasteiger partial charge is 0.394 e. The molecule has 0 fully saturated rings. The summed E-state index contributed by atoms with van der Waals surface area (Å²) in [6.07, 6.45) is -1.50. The van der Waals surface area contributed by atoms with Crippen LogP contribution in [0, 0.1) is 5.92 Å². The van der Waals surface area contributed by atoms with Crippen molar-refractivity contribution in [1.82, 2.24) is 37.2 Å². The van der Waals surface area contributed by atoms with Gasteiger partial charge in [0.15, 0.2) is 17.9 Å². The van der Waals surface area contributed by atoms with E-state index in [4.69, 9.17) is 45.9 Å². The van der Waals surface area contributed by atoms with Crippen LogP contribution in [0.2, 0.25) is 0 Å². The number of aliphatic hydroxyl groups excluding tert-OH is 2. The molecule has 0 rings (SSSR count). The van der Waals surface area contributed by atoms with Crippen LogP contribution < -0.4 is 83.1 Å². The van der Waals surface area contributed by atoms with Gasteiger partial charge < -0.3 is 93.3 Å². The fourth-order valence-corrected chi connectivity index (χ4v) is 5.76. The normalized spacial score (nSPS) is 14.0. The fraction of sp³-hybridized carbons (Fsp3) is 0.694. The first kappa shape index (κ1) is 57.4. The number of nitrogens with zero attached hydrogens (tertiary/aromatic N) is 3. The number of carbonyl (C=O) groups excluding carboxylic acids is 8. The molecule has 64 heavy (non-hydrogen) atoms. The van der Waals surface area contributed by atoms with Gasteiger partial charge >= 0.3 is 0 Å². The number of hydrogen-bond donors (Lipinski definition) is 17. The Morgan fingerprint density at radius 2 is 0.953 bits per heavy atom. The highest BCUT2D eigenvalue weighted by atomic mass is 16.3. The van der Waals surface area contributed by atoms with E-state index in [0.717, 1.165) is 0 Å². The molecule has 0 radical (unpaired) electrons. The van der Waals surface area contributed by atoms with Crippen molar-refractivity contribution in [2.75, 3.05) is 39.3 Å². The Morgan fingerprint density at radius 3 is 1.34 bits per heavy atom. The summed E-state index contributed by atoms with van der Waals surface area (Å²) in [6, 6.07) is -7.86. The summed E-state index contributed by atoms with van der Waals surface area (Å²) in [5.41, 5.74) is 43.1. The van der Waals surface area contributed by atoms with Crippen LogP contribution in [-0.4, -0.2) is 157 Å². The van der Waals surface area contributed by atoms with Gasteiger partial charge in [0.05, 0.1) is 38.3 Å². The summed E-state index contributed by atoms with van der Waals surface area (Å²) >= 11 is 0. The second kappa shape index (κ2) is 31.3. The van der Waals surface area contributed by atoms with E-state index in [0.29, 0.717) is 6.42 Å².